The van der Waals surface area contributed by atoms with E-state index in [1.807, 2.05) is 30.4 Å². The first kappa shape index (κ1) is 18.8. The highest BCUT2D eigenvalue weighted by molar-refractivity contribution is 5.73. The van der Waals surface area contributed by atoms with E-state index in [9.17, 15) is 4.79 Å². The Bertz CT molecular complexity index is 855. The second kappa shape index (κ2) is 8.22. The number of piperidine rings is 1. The molecular formula is C21H28N6O. The topological polar surface area (TPSA) is 74.2 Å². The van der Waals surface area contributed by atoms with E-state index in [-0.39, 0.29) is 11.9 Å². The average Bonchev–Trinajstić information content (AvgIpc) is 2.73. The van der Waals surface area contributed by atoms with Gasteiger partial charge in [0.25, 0.3) is 0 Å². The maximum atomic E-state index is 12.0. The van der Waals surface area contributed by atoms with E-state index in [1.165, 1.54) is 11.1 Å². The molecule has 2 aliphatic heterocycles. The van der Waals surface area contributed by atoms with Crippen molar-refractivity contribution in [3.8, 4) is 0 Å². The number of carbonyl (C=O) groups excluding carboxylic acids is 1. The predicted molar refractivity (Wildman–Crippen MR) is 108 cm³/mol. The van der Waals surface area contributed by atoms with Gasteiger partial charge in [0.2, 0.25) is 5.91 Å². The molecule has 1 atom stereocenters. The molecule has 4 heterocycles. The van der Waals surface area contributed by atoms with Gasteiger partial charge in [-0.15, -0.1) is 0 Å². The van der Waals surface area contributed by atoms with E-state index in [2.05, 4.69) is 26.3 Å². The number of carbonyl (C=O) groups is 1. The molecule has 148 valence electrons. The van der Waals surface area contributed by atoms with Crippen molar-refractivity contribution in [3.05, 3.63) is 47.2 Å². The Hall–Kier alpha value is -2.54. The summed E-state index contributed by atoms with van der Waals surface area (Å²) < 4.78 is 0. The van der Waals surface area contributed by atoms with Crippen LogP contribution in [0.2, 0.25) is 0 Å². The minimum Gasteiger partial charge on any atom is -0.373 e. The number of anilines is 1. The fraction of sp³-hybridized carbons (Fsp3) is 0.524. The number of rotatable bonds is 4. The molecule has 1 amide bonds. The van der Waals surface area contributed by atoms with Crippen LogP contribution >= 0.6 is 0 Å². The van der Waals surface area contributed by atoms with Crippen molar-refractivity contribution >= 4 is 11.7 Å². The summed E-state index contributed by atoms with van der Waals surface area (Å²) in [5.74, 6) is 1.86. The Labute approximate surface area is 166 Å². The second-order valence-electron chi connectivity index (χ2n) is 7.65. The minimum absolute atomic E-state index is 0.0307. The van der Waals surface area contributed by atoms with Crippen LogP contribution in [0.5, 0.6) is 0 Å². The summed E-state index contributed by atoms with van der Waals surface area (Å²) >= 11 is 0. The van der Waals surface area contributed by atoms with E-state index in [0.29, 0.717) is 0 Å². The van der Waals surface area contributed by atoms with Crippen molar-refractivity contribution in [1.29, 1.82) is 0 Å². The van der Waals surface area contributed by atoms with Gasteiger partial charge in [0.05, 0.1) is 6.04 Å². The highest BCUT2D eigenvalue weighted by Crippen LogP contribution is 2.30. The smallest absolute Gasteiger partial charge is 0.220 e. The Morgan fingerprint density at radius 3 is 3.00 bits per heavy atom. The van der Waals surface area contributed by atoms with Gasteiger partial charge in [0.1, 0.15) is 5.82 Å². The summed E-state index contributed by atoms with van der Waals surface area (Å²) in [6.07, 6.45) is 7.84. The number of amides is 1. The van der Waals surface area contributed by atoms with Crippen LogP contribution in [-0.2, 0) is 24.3 Å². The molecule has 0 radical (unpaired) electrons. The summed E-state index contributed by atoms with van der Waals surface area (Å²) in [7, 11) is 1.91. The number of nitrogens with zero attached hydrogens (tertiary/aromatic N) is 5. The number of hydrogen-bond donors (Lipinski definition) is 1. The molecule has 2 aliphatic rings. The van der Waals surface area contributed by atoms with Crippen LogP contribution in [0.1, 0.15) is 54.9 Å². The minimum atomic E-state index is 0.0307. The van der Waals surface area contributed by atoms with Crippen molar-refractivity contribution in [3.63, 3.8) is 0 Å². The molecule has 1 fully saturated rings. The Kier molecular flexibility index (Phi) is 5.52. The molecular weight excluding hydrogens is 352 g/mol. The highest BCUT2D eigenvalue weighted by atomic mass is 16.2. The van der Waals surface area contributed by atoms with E-state index in [1.54, 1.807) is 6.92 Å². The van der Waals surface area contributed by atoms with Crippen molar-refractivity contribution in [2.24, 2.45) is 0 Å². The Morgan fingerprint density at radius 1 is 1.29 bits per heavy atom. The molecule has 0 saturated carbocycles. The van der Waals surface area contributed by atoms with Gasteiger partial charge in [0.15, 0.2) is 5.82 Å². The molecule has 0 aromatic carbocycles. The molecule has 28 heavy (non-hydrogen) atoms. The van der Waals surface area contributed by atoms with Crippen LogP contribution in [0, 0.1) is 0 Å². The SMILES string of the molecule is CNc1ncccc1CN1CCc2nc([C@H]3CCCCN3C(C)=O)ncc2C1. The zero-order chi connectivity index (χ0) is 19.5. The molecule has 0 unspecified atom stereocenters. The Morgan fingerprint density at radius 2 is 2.18 bits per heavy atom. The number of pyridine rings is 1. The second-order valence-corrected chi connectivity index (χ2v) is 7.65. The number of nitrogens with one attached hydrogen (secondary N) is 1. The molecule has 4 rings (SSSR count). The lowest BCUT2D eigenvalue weighted by Crippen LogP contribution is -2.38. The van der Waals surface area contributed by atoms with E-state index in [4.69, 9.17) is 4.98 Å². The third-order valence-electron chi connectivity index (χ3n) is 5.76. The van der Waals surface area contributed by atoms with Crippen LogP contribution in [-0.4, -0.2) is 50.8 Å². The molecule has 7 heteroatoms. The average molecular weight is 380 g/mol. The number of likely N-dealkylation sites (tertiary alicyclic amines) is 1. The highest BCUT2D eigenvalue weighted by Gasteiger charge is 2.29. The summed E-state index contributed by atoms with van der Waals surface area (Å²) in [5.41, 5.74) is 3.52. The van der Waals surface area contributed by atoms with E-state index < -0.39 is 0 Å². The van der Waals surface area contributed by atoms with Gasteiger partial charge in [-0.1, -0.05) is 6.07 Å². The quantitative estimate of drug-likeness (QED) is 0.879. The van der Waals surface area contributed by atoms with Gasteiger partial charge >= 0.3 is 0 Å². The number of hydrogen-bond acceptors (Lipinski definition) is 6. The van der Waals surface area contributed by atoms with Crippen molar-refractivity contribution in [2.75, 3.05) is 25.5 Å². The van der Waals surface area contributed by atoms with Crippen LogP contribution in [0.3, 0.4) is 0 Å². The normalized spacial score (nSPS) is 19.9. The summed E-state index contributed by atoms with van der Waals surface area (Å²) in [5, 5.41) is 3.17. The number of fused-ring (bicyclic) bond motifs is 1. The van der Waals surface area contributed by atoms with Gasteiger partial charge in [0, 0.05) is 75.8 Å². The fourth-order valence-corrected chi connectivity index (χ4v) is 4.29. The first-order chi connectivity index (χ1) is 13.7. The summed E-state index contributed by atoms with van der Waals surface area (Å²) in [6, 6.07) is 4.13. The Balaban J connectivity index is 1.49. The molecule has 1 N–H and O–H groups in total. The van der Waals surface area contributed by atoms with Crippen molar-refractivity contribution in [1.82, 2.24) is 24.8 Å². The van der Waals surface area contributed by atoms with E-state index >= 15 is 0 Å². The number of aromatic nitrogens is 3. The zero-order valence-corrected chi connectivity index (χ0v) is 16.7. The summed E-state index contributed by atoms with van der Waals surface area (Å²) in [6.45, 7) is 5.11. The first-order valence-electron chi connectivity index (χ1n) is 10.1. The molecule has 0 spiro atoms. The van der Waals surface area contributed by atoms with Crippen molar-refractivity contribution in [2.45, 2.75) is 51.7 Å². The third-order valence-corrected chi connectivity index (χ3v) is 5.76. The lowest BCUT2D eigenvalue weighted by atomic mass is 10.0. The van der Waals surface area contributed by atoms with Gasteiger partial charge in [-0.25, -0.2) is 15.0 Å². The molecule has 2 aromatic heterocycles. The largest absolute Gasteiger partial charge is 0.373 e. The summed E-state index contributed by atoms with van der Waals surface area (Å²) in [4.78, 5) is 30.3. The van der Waals surface area contributed by atoms with Gasteiger partial charge in [-0.05, 0) is 25.3 Å². The van der Waals surface area contributed by atoms with Crippen molar-refractivity contribution < 1.29 is 4.79 Å². The third kappa shape index (κ3) is 3.85. The van der Waals surface area contributed by atoms with Gasteiger partial charge in [-0.2, -0.15) is 0 Å². The maximum absolute atomic E-state index is 12.0. The predicted octanol–water partition coefficient (Wildman–Crippen LogP) is 2.55. The van der Waals surface area contributed by atoms with Gasteiger partial charge in [-0.3, -0.25) is 9.69 Å². The molecule has 7 nitrogen and oxygen atoms in total. The fourth-order valence-electron chi connectivity index (χ4n) is 4.29. The van der Waals surface area contributed by atoms with E-state index in [0.717, 1.165) is 69.2 Å². The standard InChI is InChI=1S/C21H28N6O/c1-15(28)27-10-4-3-7-19(27)21-24-12-17-14-26(11-8-18(17)25-21)13-16-6-5-9-23-20(16)22-2/h5-6,9,12,19H,3-4,7-8,10-11,13-14H2,1-2H3,(H,22,23)/t19-/m1/s1. The zero-order valence-electron chi connectivity index (χ0n) is 16.7. The maximum Gasteiger partial charge on any atom is 0.220 e. The molecule has 1 saturated heterocycles. The molecule has 2 aromatic rings. The van der Waals surface area contributed by atoms with Crippen LogP contribution in [0.4, 0.5) is 5.82 Å². The molecule has 0 aliphatic carbocycles. The van der Waals surface area contributed by atoms with Crippen LogP contribution < -0.4 is 5.32 Å². The van der Waals surface area contributed by atoms with Crippen LogP contribution in [0.15, 0.2) is 24.5 Å². The van der Waals surface area contributed by atoms with Crippen LogP contribution in [0.25, 0.3) is 0 Å². The monoisotopic (exact) mass is 380 g/mol. The molecule has 0 bridgehead atoms. The first-order valence-corrected chi connectivity index (χ1v) is 10.1. The lowest BCUT2D eigenvalue weighted by molar-refractivity contribution is -0.132. The lowest BCUT2D eigenvalue weighted by Gasteiger charge is -2.35. The van der Waals surface area contributed by atoms with Gasteiger partial charge < -0.3 is 10.2 Å².